The molecule has 2 aliphatic heterocycles. The van der Waals surface area contributed by atoms with Crippen molar-refractivity contribution in [3.63, 3.8) is 0 Å². The highest BCUT2D eigenvalue weighted by molar-refractivity contribution is 7.89. The summed E-state index contributed by atoms with van der Waals surface area (Å²) in [4.78, 5) is 25.2. The summed E-state index contributed by atoms with van der Waals surface area (Å²) >= 11 is 0. The number of carbonyl (C=O) groups is 1. The van der Waals surface area contributed by atoms with Gasteiger partial charge in [-0.05, 0) is 49.6 Å². The molecule has 0 bridgehead atoms. The van der Waals surface area contributed by atoms with Crippen molar-refractivity contribution in [2.75, 3.05) is 44.2 Å². The number of nitrogens with zero attached hydrogens (tertiary/aromatic N) is 5. The van der Waals surface area contributed by atoms with Gasteiger partial charge >= 0.3 is 6.03 Å². The Morgan fingerprint density at radius 2 is 1.75 bits per heavy atom. The van der Waals surface area contributed by atoms with Gasteiger partial charge < -0.3 is 15.1 Å². The number of carbonyl (C=O) groups excluding carboxylic acids is 1. The lowest BCUT2D eigenvalue weighted by molar-refractivity contribution is 0.194. The van der Waals surface area contributed by atoms with Crippen LogP contribution < -0.4 is 10.2 Å². The predicted molar refractivity (Wildman–Crippen MR) is 117 cm³/mol. The van der Waals surface area contributed by atoms with Crippen LogP contribution in [-0.2, 0) is 10.0 Å². The molecule has 0 aliphatic carbocycles. The second-order valence-electron chi connectivity index (χ2n) is 7.98. The van der Waals surface area contributed by atoms with Crippen LogP contribution in [0.3, 0.4) is 0 Å². The Hall–Kier alpha value is -2.79. The van der Waals surface area contributed by atoms with Gasteiger partial charge in [-0.15, -0.1) is 0 Å². The SMILES string of the molecule is O=C(NC1CCCN(c2ncccn2)C1)N1CCCN(S(=O)(=O)c2ccc(F)cc2)CC1. The molecule has 172 valence electrons. The van der Waals surface area contributed by atoms with E-state index in [1.165, 1.54) is 16.4 Å². The molecule has 4 rings (SSSR count). The number of anilines is 1. The highest BCUT2D eigenvalue weighted by Crippen LogP contribution is 2.19. The molecule has 0 saturated carbocycles. The molecule has 11 heteroatoms. The van der Waals surface area contributed by atoms with Crippen LogP contribution in [0.15, 0.2) is 47.6 Å². The van der Waals surface area contributed by atoms with Gasteiger partial charge in [0.1, 0.15) is 5.82 Å². The number of aromatic nitrogens is 2. The van der Waals surface area contributed by atoms with Gasteiger partial charge in [-0.3, -0.25) is 0 Å². The Balaban J connectivity index is 1.34. The highest BCUT2D eigenvalue weighted by atomic mass is 32.2. The molecule has 1 unspecified atom stereocenters. The zero-order valence-electron chi connectivity index (χ0n) is 17.7. The van der Waals surface area contributed by atoms with Gasteiger partial charge in [0.2, 0.25) is 16.0 Å². The first-order valence-corrected chi connectivity index (χ1v) is 12.2. The Bertz CT molecular complexity index is 1020. The lowest BCUT2D eigenvalue weighted by atomic mass is 10.1. The predicted octanol–water partition coefficient (Wildman–Crippen LogP) is 1.69. The van der Waals surface area contributed by atoms with E-state index in [-0.39, 0.29) is 23.5 Å². The first-order valence-electron chi connectivity index (χ1n) is 10.8. The Labute approximate surface area is 187 Å². The van der Waals surface area contributed by atoms with Crippen molar-refractivity contribution in [1.82, 2.24) is 24.5 Å². The van der Waals surface area contributed by atoms with Crippen LogP contribution in [0.1, 0.15) is 19.3 Å². The van der Waals surface area contributed by atoms with Crippen molar-refractivity contribution in [3.05, 3.63) is 48.5 Å². The Kier molecular flexibility index (Phi) is 6.85. The topological polar surface area (TPSA) is 98.7 Å². The van der Waals surface area contributed by atoms with E-state index in [1.54, 1.807) is 23.4 Å². The van der Waals surface area contributed by atoms with Crippen molar-refractivity contribution in [2.45, 2.75) is 30.2 Å². The number of sulfonamides is 1. The standard InChI is InChI=1S/C21H27FN6O3S/c22-17-5-7-19(8-6-17)32(30,31)28-13-3-12-26(14-15-28)21(29)25-18-4-1-11-27(16-18)20-23-9-2-10-24-20/h2,5-10,18H,1,3-4,11-16H2,(H,25,29). The van der Waals surface area contributed by atoms with Gasteiger partial charge in [0.05, 0.1) is 4.90 Å². The van der Waals surface area contributed by atoms with Crippen LogP contribution in [0.5, 0.6) is 0 Å². The number of hydrogen-bond acceptors (Lipinski definition) is 6. The average Bonchev–Trinajstić information content (AvgIpc) is 3.07. The van der Waals surface area contributed by atoms with E-state index in [9.17, 15) is 17.6 Å². The molecule has 2 amide bonds. The molecule has 0 spiro atoms. The van der Waals surface area contributed by atoms with Gasteiger partial charge in [-0.2, -0.15) is 4.31 Å². The van der Waals surface area contributed by atoms with Crippen LogP contribution >= 0.6 is 0 Å². The van der Waals surface area contributed by atoms with Crippen LogP contribution in [0.4, 0.5) is 15.1 Å². The van der Waals surface area contributed by atoms with E-state index in [0.717, 1.165) is 31.5 Å². The zero-order valence-corrected chi connectivity index (χ0v) is 18.5. The van der Waals surface area contributed by atoms with Crippen LogP contribution in [0.25, 0.3) is 0 Å². The molecule has 1 aromatic carbocycles. The van der Waals surface area contributed by atoms with E-state index in [1.807, 2.05) is 0 Å². The maximum atomic E-state index is 13.2. The fraction of sp³-hybridized carbons (Fsp3) is 0.476. The summed E-state index contributed by atoms with van der Waals surface area (Å²) in [6.45, 7) is 2.75. The average molecular weight is 463 g/mol. The summed E-state index contributed by atoms with van der Waals surface area (Å²) in [5.41, 5.74) is 0. The maximum Gasteiger partial charge on any atom is 0.317 e. The lowest BCUT2D eigenvalue weighted by Crippen LogP contribution is -2.52. The number of rotatable bonds is 4. The van der Waals surface area contributed by atoms with Crippen molar-refractivity contribution >= 4 is 22.0 Å². The summed E-state index contributed by atoms with van der Waals surface area (Å²) in [5.74, 6) is 0.172. The molecule has 2 aromatic rings. The van der Waals surface area contributed by atoms with Crippen LogP contribution in [0.2, 0.25) is 0 Å². The van der Waals surface area contributed by atoms with Crippen molar-refractivity contribution in [1.29, 1.82) is 0 Å². The van der Waals surface area contributed by atoms with E-state index in [2.05, 4.69) is 20.2 Å². The third kappa shape index (κ3) is 5.16. The maximum absolute atomic E-state index is 13.2. The largest absolute Gasteiger partial charge is 0.339 e. The lowest BCUT2D eigenvalue weighted by Gasteiger charge is -2.34. The van der Waals surface area contributed by atoms with Crippen molar-refractivity contribution in [2.24, 2.45) is 0 Å². The molecule has 1 atom stereocenters. The number of piperidine rings is 1. The van der Waals surface area contributed by atoms with Crippen LogP contribution in [0, 0.1) is 5.82 Å². The van der Waals surface area contributed by atoms with E-state index in [4.69, 9.17) is 0 Å². The van der Waals surface area contributed by atoms with Gasteiger partial charge in [-0.25, -0.2) is 27.6 Å². The van der Waals surface area contributed by atoms with E-state index in [0.29, 0.717) is 38.5 Å². The molecule has 2 fully saturated rings. The molecular weight excluding hydrogens is 435 g/mol. The molecule has 0 radical (unpaired) electrons. The fourth-order valence-electron chi connectivity index (χ4n) is 4.09. The summed E-state index contributed by atoms with van der Waals surface area (Å²) in [6, 6.07) is 6.37. The summed E-state index contributed by atoms with van der Waals surface area (Å²) in [6.07, 6.45) is 5.73. The van der Waals surface area contributed by atoms with Crippen molar-refractivity contribution in [3.8, 4) is 0 Å². The molecule has 32 heavy (non-hydrogen) atoms. The van der Waals surface area contributed by atoms with Gasteiger partial charge in [0, 0.05) is 57.7 Å². The number of hydrogen-bond donors (Lipinski definition) is 1. The minimum absolute atomic E-state index is 0.0256. The smallest absolute Gasteiger partial charge is 0.317 e. The molecule has 3 heterocycles. The van der Waals surface area contributed by atoms with Gasteiger partial charge in [0.25, 0.3) is 0 Å². The highest BCUT2D eigenvalue weighted by Gasteiger charge is 2.30. The van der Waals surface area contributed by atoms with Gasteiger partial charge in [0.15, 0.2) is 0 Å². The van der Waals surface area contributed by atoms with Crippen LogP contribution in [-0.4, -0.2) is 78.9 Å². The number of benzene rings is 1. The second kappa shape index (κ2) is 9.78. The molecule has 1 aromatic heterocycles. The number of halogens is 1. The minimum Gasteiger partial charge on any atom is -0.339 e. The Morgan fingerprint density at radius 1 is 1.00 bits per heavy atom. The minimum atomic E-state index is -3.73. The second-order valence-corrected chi connectivity index (χ2v) is 9.92. The monoisotopic (exact) mass is 462 g/mol. The Morgan fingerprint density at radius 3 is 2.50 bits per heavy atom. The van der Waals surface area contributed by atoms with Crippen molar-refractivity contribution < 1.29 is 17.6 Å². The molecular formula is C21H27FN6O3S. The van der Waals surface area contributed by atoms with E-state index >= 15 is 0 Å². The summed E-state index contributed by atoms with van der Waals surface area (Å²) in [5, 5.41) is 3.09. The first kappa shape index (κ1) is 22.4. The summed E-state index contributed by atoms with van der Waals surface area (Å²) < 4.78 is 40.3. The number of nitrogens with one attached hydrogen (secondary N) is 1. The van der Waals surface area contributed by atoms with E-state index < -0.39 is 15.8 Å². The number of urea groups is 1. The molecule has 2 aliphatic rings. The molecule has 1 N–H and O–H groups in total. The molecule has 2 saturated heterocycles. The summed E-state index contributed by atoms with van der Waals surface area (Å²) in [7, 11) is -3.73. The fourth-order valence-corrected chi connectivity index (χ4v) is 5.56. The third-order valence-corrected chi connectivity index (χ3v) is 7.69. The molecule has 9 nitrogen and oxygen atoms in total. The normalized spacial score (nSPS) is 20.6. The zero-order chi connectivity index (χ0) is 22.6. The first-order chi connectivity index (χ1) is 15.4. The quantitative estimate of drug-likeness (QED) is 0.743. The number of amides is 2. The van der Waals surface area contributed by atoms with Gasteiger partial charge in [-0.1, -0.05) is 0 Å². The third-order valence-electron chi connectivity index (χ3n) is 5.78.